The van der Waals surface area contributed by atoms with Gasteiger partial charge in [0.25, 0.3) is 0 Å². The Morgan fingerprint density at radius 3 is 2.79 bits per heavy atom. The number of rotatable bonds is 4. The zero-order valence-electron chi connectivity index (χ0n) is 15.3. The molecule has 0 aliphatic carbocycles. The summed E-state index contributed by atoms with van der Waals surface area (Å²) in [4.78, 5) is 8.66. The smallest absolute Gasteiger partial charge is 0.247 e. The first-order chi connectivity index (χ1) is 13.7. The number of ether oxygens (including phenoxy) is 1. The van der Waals surface area contributed by atoms with Gasteiger partial charge in [-0.25, -0.2) is 4.98 Å². The van der Waals surface area contributed by atoms with Crippen molar-refractivity contribution in [2.75, 3.05) is 5.32 Å². The third-order valence-electron chi connectivity index (χ3n) is 4.56. The molecule has 0 aliphatic rings. The Morgan fingerprint density at radius 2 is 1.89 bits per heavy atom. The van der Waals surface area contributed by atoms with Crippen molar-refractivity contribution >= 4 is 33.4 Å². The second kappa shape index (κ2) is 6.34. The van der Waals surface area contributed by atoms with Crippen LogP contribution in [-0.4, -0.2) is 29.9 Å². The molecule has 0 bridgehead atoms. The summed E-state index contributed by atoms with van der Waals surface area (Å²) in [6.45, 7) is 1.96. The number of H-pyrrole nitrogens is 1. The van der Waals surface area contributed by atoms with Gasteiger partial charge in [-0.15, -0.1) is 5.10 Å². The lowest BCUT2D eigenvalue weighted by Crippen LogP contribution is -1.94. The molecule has 28 heavy (non-hydrogen) atoms. The first kappa shape index (κ1) is 16.2. The van der Waals surface area contributed by atoms with Gasteiger partial charge in [-0.05, 0) is 43.3 Å². The van der Waals surface area contributed by atoms with Gasteiger partial charge in [0.1, 0.15) is 5.52 Å². The molecule has 5 aromatic rings. The van der Waals surface area contributed by atoms with Gasteiger partial charge in [-0.2, -0.15) is 5.10 Å². The number of hydrogen-bond donors (Lipinski definition) is 2. The Hall–Kier alpha value is -3.94. The van der Waals surface area contributed by atoms with E-state index in [1.165, 1.54) is 0 Å². The van der Waals surface area contributed by atoms with E-state index in [-0.39, 0.29) is 0 Å². The van der Waals surface area contributed by atoms with Gasteiger partial charge >= 0.3 is 0 Å². The Bertz CT molecular complexity index is 1300. The minimum Gasteiger partial charge on any atom is -0.418 e. The van der Waals surface area contributed by atoms with Crippen molar-refractivity contribution in [3.63, 3.8) is 0 Å². The van der Waals surface area contributed by atoms with Crippen molar-refractivity contribution in [1.29, 1.82) is 0 Å². The van der Waals surface area contributed by atoms with E-state index in [2.05, 4.69) is 30.6 Å². The summed E-state index contributed by atoms with van der Waals surface area (Å²) < 4.78 is 7.74. The standard InChI is InChI=1S/C20H17N7O/c1-12-5-3-10-22-19(12)28-20-14-8-7-13(11-16(14)27(2)26-20)23-18-17-15(24-25-18)6-4-9-21-17/h3-11H,1-2H3,(H2,23,24,25). The van der Waals surface area contributed by atoms with Crippen LogP contribution in [0.25, 0.3) is 21.9 Å². The van der Waals surface area contributed by atoms with E-state index >= 15 is 0 Å². The fourth-order valence-corrected chi connectivity index (χ4v) is 3.12. The van der Waals surface area contributed by atoms with Crippen LogP contribution in [0.3, 0.4) is 0 Å². The number of nitrogens with one attached hydrogen (secondary N) is 2. The second-order valence-electron chi connectivity index (χ2n) is 6.48. The van der Waals surface area contributed by atoms with Crippen LogP contribution in [0, 0.1) is 6.92 Å². The van der Waals surface area contributed by atoms with E-state index in [4.69, 9.17) is 4.74 Å². The van der Waals surface area contributed by atoms with E-state index in [0.717, 1.165) is 33.2 Å². The van der Waals surface area contributed by atoms with Crippen LogP contribution in [0.15, 0.2) is 54.9 Å². The maximum absolute atomic E-state index is 5.96. The quantitative estimate of drug-likeness (QED) is 0.494. The van der Waals surface area contributed by atoms with E-state index in [1.54, 1.807) is 17.1 Å². The number of aryl methyl sites for hydroxylation is 2. The van der Waals surface area contributed by atoms with Gasteiger partial charge in [0.2, 0.25) is 11.8 Å². The average Bonchev–Trinajstić information content (AvgIpc) is 3.25. The molecule has 0 aliphatic heterocycles. The number of anilines is 2. The zero-order chi connectivity index (χ0) is 19.1. The van der Waals surface area contributed by atoms with Crippen LogP contribution in [0.4, 0.5) is 11.5 Å². The van der Waals surface area contributed by atoms with E-state index in [1.807, 2.05) is 56.4 Å². The summed E-state index contributed by atoms with van der Waals surface area (Å²) in [6.07, 6.45) is 3.45. The number of aromatic nitrogens is 6. The highest BCUT2D eigenvalue weighted by Crippen LogP contribution is 2.32. The van der Waals surface area contributed by atoms with Crippen molar-refractivity contribution in [2.24, 2.45) is 7.05 Å². The zero-order valence-corrected chi connectivity index (χ0v) is 15.3. The number of pyridine rings is 2. The third kappa shape index (κ3) is 2.71. The Labute approximate surface area is 160 Å². The highest BCUT2D eigenvalue weighted by Gasteiger charge is 2.14. The van der Waals surface area contributed by atoms with Crippen LogP contribution >= 0.6 is 0 Å². The molecule has 4 heterocycles. The molecular weight excluding hydrogens is 354 g/mol. The summed E-state index contributed by atoms with van der Waals surface area (Å²) in [5, 5.41) is 16.0. The van der Waals surface area contributed by atoms with Crippen molar-refractivity contribution in [3.05, 3.63) is 60.4 Å². The molecule has 0 saturated heterocycles. The molecule has 8 heteroatoms. The minimum absolute atomic E-state index is 0.526. The summed E-state index contributed by atoms with van der Waals surface area (Å²) in [7, 11) is 1.88. The molecule has 0 spiro atoms. The lowest BCUT2D eigenvalue weighted by Gasteiger charge is -2.05. The van der Waals surface area contributed by atoms with Gasteiger partial charge < -0.3 is 10.1 Å². The first-order valence-corrected chi connectivity index (χ1v) is 8.81. The van der Waals surface area contributed by atoms with Gasteiger partial charge in [0.15, 0.2) is 5.82 Å². The van der Waals surface area contributed by atoms with Crippen LogP contribution in [0.5, 0.6) is 11.8 Å². The Kier molecular flexibility index (Phi) is 3.68. The van der Waals surface area contributed by atoms with Gasteiger partial charge in [-0.3, -0.25) is 14.8 Å². The van der Waals surface area contributed by atoms with Crippen molar-refractivity contribution in [1.82, 2.24) is 29.9 Å². The van der Waals surface area contributed by atoms with E-state index in [9.17, 15) is 0 Å². The lowest BCUT2D eigenvalue weighted by molar-refractivity contribution is 0.437. The largest absolute Gasteiger partial charge is 0.418 e. The summed E-state index contributed by atoms with van der Waals surface area (Å²) in [6, 6.07) is 13.6. The van der Waals surface area contributed by atoms with Crippen LogP contribution < -0.4 is 10.1 Å². The summed E-state index contributed by atoms with van der Waals surface area (Å²) >= 11 is 0. The van der Waals surface area contributed by atoms with Crippen molar-refractivity contribution < 1.29 is 4.74 Å². The molecular formula is C20H17N7O. The molecule has 2 N–H and O–H groups in total. The predicted octanol–water partition coefficient (Wildman–Crippen LogP) is 4.08. The number of benzene rings is 1. The molecule has 0 saturated carbocycles. The number of fused-ring (bicyclic) bond motifs is 2. The second-order valence-corrected chi connectivity index (χ2v) is 6.48. The summed E-state index contributed by atoms with van der Waals surface area (Å²) in [5.41, 5.74) is 4.45. The Morgan fingerprint density at radius 1 is 1.04 bits per heavy atom. The van der Waals surface area contributed by atoms with Gasteiger partial charge in [0.05, 0.1) is 16.4 Å². The molecule has 4 aromatic heterocycles. The van der Waals surface area contributed by atoms with E-state index in [0.29, 0.717) is 17.6 Å². The van der Waals surface area contributed by atoms with Crippen molar-refractivity contribution in [3.8, 4) is 11.8 Å². The predicted molar refractivity (Wildman–Crippen MR) is 107 cm³/mol. The Balaban J connectivity index is 1.50. The number of aromatic amines is 1. The SMILES string of the molecule is Cc1cccnc1Oc1nn(C)c2cc(Nc3n[nH]c4cccnc34)ccc12. The maximum Gasteiger partial charge on any atom is 0.247 e. The molecule has 1 aromatic carbocycles. The van der Waals surface area contributed by atoms with E-state index < -0.39 is 0 Å². The average molecular weight is 371 g/mol. The highest BCUT2D eigenvalue weighted by atomic mass is 16.5. The molecule has 0 radical (unpaired) electrons. The third-order valence-corrected chi connectivity index (χ3v) is 4.56. The maximum atomic E-state index is 5.96. The molecule has 5 rings (SSSR count). The molecule has 0 fully saturated rings. The van der Waals surface area contributed by atoms with Crippen LogP contribution in [0.1, 0.15) is 5.56 Å². The highest BCUT2D eigenvalue weighted by molar-refractivity contribution is 5.91. The normalized spacial score (nSPS) is 11.2. The van der Waals surface area contributed by atoms with Crippen molar-refractivity contribution in [2.45, 2.75) is 6.92 Å². The molecule has 0 atom stereocenters. The number of hydrogen-bond acceptors (Lipinski definition) is 6. The molecule has 8 nitrogen and oxygen atoms in total. The topological polar surface area (TPSA) is 93.5 Å². The monoisotopic (exact) mass is 371 g/mol. The summed E-state index contributed by atoms with van der Waals surface area (Å²) in [5.74, 6) is 1.76. The molecule has 138 valence electrons. The van der Waals surface area contributed by atoms with Gasteiger partial charge in [0, 0.05) is 30.7 Å². The van der Waals surface area contributed by atoms with Gasteiger partial charge in [-0.1, -0.05) is 6.07 Å². The number of nitrogens with zero attached hydrogens (tertiary/aromatic N) is 5. The molecule has 0 amide bonds. The molecule has 0 unspecified atom stereocenters. The minimum atomic E-state index is 0.526. The lowest BCUT2D eigenvalue weighted by atomic mass is 10.2. The van der Waals surface area contributed by atoms with Crippen LogP contribution in [-0.2, 0) is 7.05 Å². The van der Waals surface area contributed by atoms with Crippen LogP contribution in [0.2, 0.25) is 0 Å². The first-order valence-electron chi connectivity index (χ1n) is 8.81. The fraction of sp³-hybridized carbons (Fsp3) is 0.100. The fourth-order valence-electron chi connectivity index (χ4n) is 3.12.